The number of ketones is 1. The molecule has 0 spiro atoms. The Balaban J connectivity index is 1.98. The van der Waals surface area contributed by atoms with Crippen molar-refractivity contribution in [3.63, 3.8) is 0 Å². The van der Waals surface area contributed by atoms with E-state index in [1.54, 1.807) is 42.2 Å². The molecule has 2 rings (SSSR count). The molecule has 7 nitrogen and oxygen atoms in total. The smallest absolute Gasteiger partial charge is 0.263 e. The van der Waals surface area contributed by atoms with Gasteiger partial charge in [-0.2, -0.15) is 5.10 Å². The van der Waals surface area contributed by atoms with Crippen molar-refractivity contribution in [2.45, 2.75) is 6.92 Å². The average molecular weight is 303 g/mol. The summed E-state index contributed by atoms with van der Waals surface area (Å²) >= 11 is 0. The van der Waals surface area contributed by atoms with Gasteiger partial charge < -0.3 is 14.8 Å². The number of benzene rings is 1. The van der Waals surface area contributed by atoms with Gasteiger partial charge in [0, 0.05) is 24.9 Å². The van der Waals surface area contributed by atoms with Crippen LogP contribution in [0.15, 0.2) is 30.5 Å². The molecule has 0 radical (unpaired) electrons. The van der Waals surface area contributed by atoms with Crippen molar-refractivity contribution in [2.24, 2.45) is 7.05 Å². The van der Waals surface area contributed by atoms with Crippen LogP contribution < -0.4 is 14.8 Å². The summed E-state index contributed by atoms with van der Waals surface area (Å²) in [5.74, 6) is 0.839. The van der Waals surface area contributed by atoms with Crippen LogP contribution in [0.4, 0.5) is 5.82 Å². The molecule has 0 saturated heterocycles. The summed E-state index contributed by atoms with van der Waals surface area (Å²) in [6.45, 7) is 1.28. The van der Waals surface area contributed by atoms with E-state index in [1.165, 1.54) is 14.0 Å². The maximum absolute atomic E-state index is 11.8. The highest BCUT2D eigenvalue weighted by atomic mass is 16.5. The molecule has 0 bridgehead atoms. The maximum Gasteiger partial charge on any atom is 0.263 e. The zero-order valence-electron chi connectivity index (χ0n) is 12.6. The third-order valence-corrected chi connectivity index (χ3v) is 2.91. The van der Waals surface area contributed by atoms with Gasteiger partial charge in [-0.25, -0.2) is 0 Å². The third-order valence-electron chi connectivity index (χ3n) is 2.91. The molecule has 0 aliphatic carbocycles. The Morgan fingerprint density at radius 1 is 1.27 bits per heavy atom. The Morgan fingerprint density at radius 3 is 2.64 bits per heavy atom. The number of hydrogen-bond acceptors (Lipinski definition) is 5. The Morgan fingerprint density at radius 2 is 2.05 bits per heavy atom. The van der Waals surface area contributed by atoms with Crippen molar-refractivity contribution in [3.8, 4) is 11.5 Å². The summed E-state index contributed by atoms with van der Waals surface area (Å²) in [6.07, 6.45) is 1.72. The number of aryl methyl sites for hydroxylation is 1. The van der Waals surface area contributed by atoms with E-state index in [0.717, 1.165) is 0 Å². The van der Waals surface area contributed by atoms with Gasteiger partial charge in [-0.3, -0.25) is 14.3 Å². The molecule has 0 aliphatic rings. The highest BCUT2D eigenvalue weighted by molar-refractivity contribution is 5.94. The molecule has 1 N–H and O–H groups in total. The molecule has 1 aromatic carbocycles. The number of aromatic nitrogens is 2. The minimum atomic E-state index is -0.337. The van der Waals surface area contributed by atoms with Gasteiger partial charge in [-0.15, -0.1) is 0 Å². The van der Waals surface area contributed by atoms with E-state index in [0.29, 0.717) is 22.9 Å². The molecule has 116 valence electrons. The summed E-state index contributed by atoms with van der Waals surface area (Å²) < 4.78 is 12.2. The predicted octanol–water partition coefficient (Wildman–Crippen LogP) is 1.65. The Labute approximate surface area is 127 Å². The molecule has 1 heterocycles. The fourth-order valence-electron chi connectivity index (χ4n) is 1.81. The van der Waals surface area contributed by atoms with E-state index in [9.17, 15) is 9.59 Å². The second-order valence-corrected chi connectivity index (χ2v) is 4.63. The Hall–Kier alpha value is -2.83. The van der Waals surface area contributed by atoms with Crippen molar-refractivity contribution in [3.05, 3.63) is 36.0 Å². The number of amides is 1. The van der Waals surface area contributed by atoms with Gasteiger partial charge in [0.05, 0.1) is 7.11 Å². The van der Waals surface area contributed by atoms with E-state index < -0.39 is 0 Å². The lowest BCUT2D eigenvalue weighted by Gasteiger charge is -2.11. The SMILES string of the molecule is COc1cc(C(C)=O)ccc1OCC(=O)Nc1ccn(C)n1. The van der Waals surface area contributed by atoms with Crippen LogP contribution in [0.5, 0.6) is 11.5 Å². The van der Waals surface area contributed by atoms with E-state index in [1.807, 2.05) is 0 Å². The number of rotatable bonds is 6. The van der Waals surface area contributed by atoms with E-state index in [-0.39, 0.29) is 18.3 Å². The molecule has 7 heteroatoms. The van der Waals surface area contributed by atoms with Crippen LogP contribution in [0, 0.1) is 0 Å². The van der Waals surface area contributed by atoms with Gasteiger partial charge in [0.2, 0.25) is 0 Å². The summed E-state index contributed by atoms with van der Waals surface area (Å²) in [4.78, 5) is 23.1. The van der Waals surface area contributed by atoms with Crippen LogP contribution in [-0.2, 0) is 11.8 Å². The van der Waals surface area contributed by atoms with Crippen molar-refractivity contribution in [2.75, 3.05) is 19.0 Å². The topological polar surface area (TPSA) is 82.5 Å². The molecule has 0 fully saturated rings. The number of methoxy groups -OCH3 is 1. The zero-order valence-corrected chi connectivity index (χ0v) is 12.6. The maximum atomic E-state index is 11.8. The largest absolute Gasteiger partial charge is 0.493 e. The standard InChI is InChI=1S/C15H17N3O4/c1-10(19)11-4-5-12(13(8-11)21-3)22-9-15(20)16-14-6-7-18(2)17-14/h4-8H,9H2,1-3H3,(H,16,17,20). The number of anilines is 1. The first-order chi connectivity index (χ1) is 10.5. The molecule has 0 unspecified atom stereocenters. The molecule has 22 heavy (non-hydrogen) atoms. The van der Waals surface area contributed by atoms with Crippen molar-refractivity contribution >= 4 is 17.5 Å². The molecule has 2 aromatic rings. The molecule has 0 aliphatic heterocycles. The highest BCUT2D eigenvalue weighted by Gasteiger charge is 2.11. The molecule has 0 atom stereocenters. The van der Waals surface area contributed by atoms with Gasteiger partial charge in [-0.05, 0) is 25.1 Å². The molecule has 1 amide bonds. The first-order valence-corrected chi connectivity index (χ1v) is 6.61. The monoisotopic (exact) mass is 303 g/mol. The van der Waals surface area contributed by atoms with E-state index in [2.05, 4.69) is 10.4 Å². The normalized spacial score (nSPS) is 10.1. The zero-order chi connectivity index (χ0) is 16.1. The number of carbonyl (C=O) groups excluding carboxylic acids is 2. The highest BCUT2D eigenvalue weighted by Crippen LogP contribution is 2.28. The summed E-state index contributed by atoms with van der Waals surface area (Å²) in [6, 6.07) is 6.48. The fourth-order valence-corrected chi connectivity index (χ4v) is 1.81. The Bertz CT molecular complexity index is 694. The quantitative estimate of drug-likeness (QED) is 0.820. The van der Waals surface area contributed by atoms with Gasteiger partial charge >= 0.3 is 0 Å². The predicted molar refractivity (Wildman–Crippen MR) is 80.3 cm³/mol. The fraction of sp³-hybridized carbons (Fsp3) is 0.267. The first kappa shape index (κ1) is 15.6. The second kappa shape index (κ2) is 6.75. The molecular formula is C15H17N3O4. The minimum absolute atomic E-state index is 0.0715. The van der Waals surface area contributed by atoms with Gasteiger partial charge in [0.1, 0.15) is 0 Å². The molecule has 1 aromatic heterocycles. The number of hydrogen-bond donors (Lipinski definition) is 1. The van der Waals surface area contributed by atoms with Crippen LogP contribution in [0.1, 0.15) is 17.3 Å². The average Bonchev–Trinajstić information content (AvgIpc) is 2.89. The lowest BCUT2D eigenvalue weighted by Crippen LogP contribution is -2.20. The lowest BCUT2D eigenvalue weighted by molar-refractivity contribution is -0.118. The second-order valence-electron chi connectivity index (χ2n) is 4.63. The number of nitrogens with zero attached hydrogens (tertiary/aromatic N) is 2. The molecular weight excluding hydrogens is 286 g/mol. The van der Waals surface area contributed by atoms with Crippen molar-refractivity contribution < 1.29 is 19.1 Å². The van der Waals surface area contributed by atoms with E-state index in [4.69, 9.17) is 9.47 Å². The van der Waals surface area contributed by atoms with Gasteiger partial charge in [0.25, 0.3) is 5.91 Å². The van der Waals surface area contributed by atoms with Crippen molar-refractivity contribution in [1.29, 1.82) is 0 Å². The van der Waals surface area contributed by atoms with Crippen LogP contribution in [-0.4, -0.2) is 35.2 Å². The third kappa shape index (κ3) is 3.85. The number of Topliss-reactive ketones (excluding diaryl/α,β-unsaturated/α-hetero) is 1. The number of nitrogens with one attached hydrogen (secondary N) is 1. The van der Waals surface area contributed by atoms with Crippen molar-refractivity contribution in [1.82, 2.24) is 9.78 Å². The Kier molecular flexibility index (Phi) is 4.77. The first-order valence-electron chi connectivity index (χ1n) is 6.61. The molecule has 0 saturated carbocycles. The number of ether oxygens (including phenoxy) is 2. The van der Waals surface area contributed by atoms with Crippen LogP contribution in [0.2, 0.25) is 0 Å². The summed E-state index contributed by atoms with van der Waals surface area (Å²) in [5.41, 5.74) is 0.516. The lowest BCUT2D eigenvalue weighted by atomic mass is 10.1. The summed E-state index contributed by atoms with van der Waals surface area (Å²) in [7, 11) is 3.23. The number of carbonyl (C=O) groups is 2. The van der Waals surface area contributed by atoms with Gasteiger partial charge in [0.15, 0.2) is 29.7 Å². The van der Waals surface area contributed by atoms with Crippen LogP contribution in [0.25, 0.3) is 0 Å². The summed E-state index contributed by atoms with van der Waals surface area (Å²) in [5, 5.41) is 6.65. The minimum Gasteiger partial charge on any atom is -0.493 e. The van der Waals surface area contributed by atoms with Crippen LogP contribution >= 0.6 is 0 Å². The van der Waals surface area contributed by atoms with E-state index >= 15 is 0 Å². The van der Waals surface area contributed by atoms with Crippen LogP contribution in [0.3, 0.4) is 0 Å². The van der Waals surface area contributed by atoms with Gasteiger partial charge in [-0.1, -0.05) is 0 Å².